The van der Waals surface area contributed by atoms with E-state index in [1.807, 2.05) is 18.2 Å². The highest BCUT2D eigenvalue weighted by molar-refractivity contribution is 5.95. The summed E-state index contributed by atoms with van der Waals surface area (Å²) < 4.78 is 5.12. The summed E-state index contributed by atoms with van der Waals surface area (Å²) >= 11 is 0. The van der Waals surface area contributed by atoms with E-state index in [1.165, 1.54) is 0 Å². The molecule has 1 aromatic carbocycles. The average molecular weight is 291 g/mol. The number of benzene rings is 1. The zero-order valence-corrected chi connectivity index (χ0v) is 12.9. The third-order valence-electron chi connectivity index (χ3n) is 4.21. The molecule has 1 amide bonds. The summed E-state index contributed by atoms with van der Waals surface area (Å²) in [5.41, 5.74) is 0.720. The van der Waals surface area contributed by atoms with E-state index in [2.05, 4.69) is 12.2 Å². The van der Waals surface area contributed by atoms with Crippen LogP contribution in [0.25, 0.3) is 0 Å². The van der Waals surface area contributed by atoms with Gasteiger partial charge in [0.2, 0.25) is 0 Å². The summed E-state index contributed by atoms with van der Waals surface area (Å²) in [7, 11) is 1.61. The summed E-state index contributed by atoms with van der Waals surface area (Å²) in [4.78, 5) is 12.3. The number of carbonyl (C=O) groups excluding carboxylic acids is 1. The largest absolute Gasteiger partial charge is 0.388 e. The Bertz CT molecular complexity index is 489. The molecule has 1 aliphatic rings. The van der Waals surface area contributed by atoms with E-state index in [0.717, 1.165) is 31.2 Å². The zero-order valence-electron chi connectivity index (χ0n) is 12.9. The second-order valence-electron chi connectivity index (χ2n) is 6.20. The molecule has 2 unspecified atom stereocenters. The molecule has 2 rings (SSSR count). The van der Waals surface area contributed by atoms with Crippen LogP contribution in [0.15, 0.2) is 24.3 Å². The average Bonchev–Trinajstić information content (AvgIpc) is 2.46. The Morgan fingerprint density at radius 3 is 2.95 bits per heavy atom. The number of aliphatic hydroxyl groups is 1. The van der Waals surface area contributed by atoms with Crippen molar-refractivity contribution in [1.82, 2.24) is 5.32 Å². The van der Waals surface area contributed by atoms with Crippen molar-refractivity contribution < 1.29 is 14.6 Å². The minimum absolute atomic E-state index is 0.144. The number of nitrogens with one attached hydrogen (secondary N) is 1. The van der Waals surface area contributed by atoms with Crippen molar-refractivity contribution in [3.8, 4) is 0 Å². The third-order valence-corrected chi connectivity index (χ3v) is 4.21. The lowest BCUT2D eigenvalue weighted by atomic mass is 9.79. The van der Waals surface area contributed by atoms with Gasteiger partial charge in [0, 0.05) is 19.2 Å². The first kappa shape index (κ1) is 16.0. The molecule has 1 saturated carbocycles. The molecule has 2 N–H and O–H groups in total. The molecule has 0 radical (unpaired) electrons. The van der Waals surface area contributed by atoms with Crippen LogP contribution in [0.5, 0.6) is 0 Å². The molecule has 0 bridgehead atoms. The number of carbonyl (C=O) groups is 1. The van der Waals surface area contributed by atoms with E-state index in [-0.39, 0.29) is 5.91 Å². The first-order chi connectivity index (χ1) is 10.0. The van der Waals surface area contributed by atoms with Crippen LogP contribution in [-0.4, -0.2) is 30.3 Å². The molecule has 116 valence electrons. The van der Waals surface area contributed by atoms with Crippen LogP contribution in [0.3, 0.4) is 0 Å². The number of amides is 1. The summed E-state index contributed by atoms with van der Waals surface area (Å²) in [5.74, 6) is 0.371. The van der Waals surface area contributed by atoms with Crippen molar-refractivity contribution in [3.63, 3.8) is 0 Å². The molecule has 4 heteroatoms. The Balaban J connectivity index is 1.98. The molecule has 0 aromatic heterocycles. The lowest BCUT2D eigenvalue weighted by molar-refractivity contribution is -0.0109. The van der Waals surface area contributed by atoms with Gasteiger partial charge in [0.1, 0.15) is 0 Å². The van der Waals surface area contributed by atoms with Crippen LogP contribution in [-0.2, 0) is 11.3 Å². The molecule has 4 nitrogen and oxygen atoms in total. The summed E-state index contributed by atoms with van der Waals surface area (Å²) in [5, 5.41) is 13.5. The molecule has 1 aliphatic carbocycles. The van der Waals surface area contributed by atoms with Crippen molar-refractivity contribution in [1.29, 1.82) is 0 Å². The minimum atomic E-state index is -0.760. The minimum Gasteiger partial charge on any atom is -0.388 e. The third kappa shape index (κ3) is 4.29. The number of rotatable bonds is 5. The molecule has 2 atom stereocenters. The zero-order chi connectivity index (χ0) is 15.3. The lowest BCUT2D eigenvalue weighted by Gasteiger charge is -2.35. The van der Waals surface area contributed by atoms with Gasteiger partial charge in [-0.25, -0.2) is 0 Å². The van der Waals surface area contributed by atoms with E-state index >= 15 is 0 Å². The van der Waals surface area contributed by atoms with Gasteiger partial charge >= 0.3 is 0 Å². The van der Waals surface area contributed by atoms with Crippen molar-refractivity contribution in [2.24, 2.45) is 5.92 Å². The van der Waals surface area contributed by atoms with Crippen molar-refractivity contribution in [3.05, 3.63) is 35.4 Å². The monoisotopic (exact) mass is 291 g/mol. The van der Waals surface area contributed by atoms with Gasteiger partial charge in [0.25, 0.3) is 5.91 Å². The Morgan fingerprint density at radius 2 is 2.24 bits per heavy atom. The molecule has 1 fully saturated rings. The van der Waals surface area contributed by atoms with Gasteiger partial charge in [-0.05, 0) is 30.4 Å². The Labute approximate surface area is 126 Å². The summed E-state index contributed by atoms with van der Waals surface area (Å²) in [6.07, 6.45) is 3.70. The van der Waals surface area contributed by atoms with Crippen LogP contribution in [0.4, 0.5) is 0 Å². The Hall–Kier alpha value is -1.39. The van der Waals surface area contributed by atoms with Crippen molar-refractivity contribution >= 4 is 5.91 Å². The standard InChI is InChI=1S/C17H25NO3/c1-13-6-5-9-17(20,10-13)12-18-16(19)15-8-4-3-7-14(15)11-21-2/h3-4,7-8,13,20H,5-6,9-12H2,1-2H3,(H,18,19). The van der Waals surface area contributed by atoms with E-state index in [0.29, 0.717) is 24.6 Å². The van der Waals surface area contributed by atoms with E-state index in [9.17, 15) is 9.90 Å². The molecule has 0 heterocycles. The van der Waals surface area contributed by atoms with Gasteiger partial charge in [0.05, 0.1) is 12.2 Å². The van der Waals surface area contributed by atoms with Crippen LogP contribution in [0, 0.1) is 5.92 Å². The normalized spacial score (nSPS) is 25.6. The molecular formula is C17H25NO3. The second-order valence-corrected chi connectivity index (χ2v) is 6.20. The maximum atomic E-state index is 12.3. The van der Waals surface area contributed by atoms with Crippen LogP contribution >= 0.6 is 0 Å². The van der Waals surface area contributed by atoms with E-state index in [1.54, 1.807) is 13.2 Å². The molecule has 21 heavy (non-hydrogen) atoms. The highest BCUT2D eigenvalue weighted by Crippen LogP contribution is 2.31. The Kier molecular flexibility index (Phi) is 5.37. The maximum Gasteiger partial charge on any atom is 0.251 e. The predicted molar refractivity (Wildman–Crippen MR) is 82.1 cm³/mol. The number of hydrogen-bond donors (Lipinski definition) is 2. The molecule has 0 aliphatic heterocycles. The van der Waals surface area contributed by atoms with E-state index in [4.69, 9.17) is 4.74 Å². The topological polar surface area (TPSA) is 58.6 Å². The van der Waals surface area contributed by atoms with Crippen LogP contribution < -0.4 is 5.32 Å². The second kappa shape index (κ2) is 7.05. The molecule has 1 aromatic rings. The van der Waals surface area contributed by atoms with Gasteiger partial charge in [-0.3, -0.25) is 4.79 Å². The first-order valence-electron chi connectivity index (χ1n) is 7.61. The molecular weight excluding hydrogens is 266 g/mol. The SMILES string of the molecule is COCc1ccccc1C(=O)NCC1(O)CCCC(C)C1. The van der Waals surface area contributed by atoms with Crippen LogP contribution in [0.1, 0.15) is 48.5 Å². The van der Waals surface area contributed by atoms with Gasteiger partial charge in [-0.15, -0.1) is 0 Å². The lowest BCUT2D eigenvalue weighted by Crippen LogP contribution is -2.45. The Morgan fingerprint density at radius 1 is 1.48 bits per heavy atom. The quantitative estimate of drug-likeness (QED) is 0.876. The summed E-state index contributed by atoms with van der Waals surface area (Å²) in [6.45, 7) is 2.88. The predicted octanol–water partition coefficient (Wildman–Crippen LogP) is 2.50. The summed E-state index contributed by atoms with van der Waals surface area (Å²) in [6, 6.07) is 7.40. The number of ether oxygens (including phenoxy) is 1. The van der Waals surface area contributed by atoms with Gasteiger partial charge in [0.15, 0.2) is 0 Å². The van der Waals surface area contributed by atoms with Crippen molar-refractivity contribution in [2.45, 2.75) is 44.8 Å². The number of methoxy groups -OCH3 is 1. The highest BCUT2D eigenvalue weighted by Gasteiger charge is 2.33. The van der Waals surface area contributed by atoms with Gasteiger partial charge < -0.3 is 15.2 Å². The van der Waals surface area contributed by atoms with Gasteiger partial charge in [-0.1, -0.05) is 38.0 Å². The molecule has 0 saturated heterocycles. The number of hydrogen-bond acceptors (Lipinski definition) is 3. The highest BCUT2D eigenvalue weighted by atomic mass is 16.5. The first-order valence-corrected chi connectivity index (χ1v) is 7.61. The van der Waals surface area contributed by atoms with Crippen molar-refractivity contribution in [2.75, 3.05) is 13.7 Å². The fourth-order valence-electron chi connectivity index (χ4n) is 3.16. The van der Waals surface area contributed by atoms with Gasteiger partial charge in [-0.2, -0.15) is 0 Å². The fourth-order valence-corrected chi connectivity index (χ4v) is 3.16. The maximum absolute atomic E-state index is 12.3. The van der Waals surface area contributed by atoms with E-state index < -0.39 is 5.60 Å². The fraction of sp³-hybridized carbons (Fsp3) is 0.588. The molecule has 0 spiro atoms. The smallest absolute Gasteiger partial charge is 0.251 e. The van der Waals surface area contributed by atoms with Crippen LogP contribution in [0.2, 0.25) is 0 Å².